The summed E-state index contributed by atoms with van der Waals surface area (Å²) in [5.74, 6) is 1.95. The first-order valence-corrected chi connectivity index (χ1v) is 10.6. The molecule has 0 atom stereocenters. The first-order valence-electron chi connectivity index (χ1n) is 9.14. The van der Waals surface area contributed by atoms with Crippen LogP contribution in [0.1, 0.15) is 11.4 Å². The fourth-order valence-electron chi connectivity index (χ4n) is 3.31. The molecule has 7 heteroatoms. The molecule has 3 aromatic carbocycles. The van der Waals surface area contributed by atoms with Gasteiger partial charge in [0.2, 0.25) is 6.79 Å². The van der Waals surface area contributed by atoms with E-state index in [2.05, 4.69) is 22.6 Å². The van der Waals surface area contributed by atoms with Gasteiger partial charge in [0.05, 0.1) is 16.6 Å². The molecule has 0 fully saturated rings. The van der Waals surface area contributed by atoms with Gasteiger partial charge in [-0.1, -0.05) is 23.7 Å². The van der Waals surface area contributed by atoms with Gasteiger partial charge in [-0.05, 0) is 88.8 Å². The van der Waals surface area contributed by atoms with Crippen LogP contribution in [0.5, 0.6) is 11.5 Å². The van der Waals surface area contributed by atoms with Crippen LogP contribution in [0, 0.1) is 3.57 Å². The van der Waals surface area contributed by atoms with E-state index in [0.29, 0.717) is 33.2 Å². The van der Waals surface area contributed by atoms with Crippen molar-refractivity contribution in [2.75, 3.05) is 6.79 Å². The van der Waals surface area contributed by atoms with Crippen molar-refractivity contribution >= 4 is 57.2 Å². The van der Waals surface area contributed by atoms with Crippen LogP contribution in [-0.4, -0.2) is 16.3 Å². The van der Waals surface area contributed by atoms with Crippen molar-refractivity contribution < 1.29 is 9.47 Å². The first kappa shape index (κ1) is 19.1. The molecule has 0 N–H and O–H groups in total. The monoisotopic (exact) mass is 528 g/mol. The number of rotatable bonds is 3. The van der Waals surface area contributed by atoms with Gasteiger partial charge in [0.1, 0.15) is 5.82 Å². The van der Waals surface area contributed by atoms with Crippen LogP contribution in [0.3, 0.4) is 0 Å². The van der Waals surface area contributed by atoms with Gasteiger partial charge in [0.15, 0.2) is 11.5 Å². The van der Waals surface area contributed by atoms with E-state index in [4.69, 9.17) is 26.1 Å². The van der Waals surface area contributed by atoms with Gasteiger partial charge in [-0.25, -0.2) is 4.98 Å². The highest BCUT2D eigenvalue weighted by Crippen LogP contribution is 2.33. The van der Waals surface area contributed by atoms with Crippen LogP contribution in [-0.2, 0) is 0 Å². The summed E-state index contributed by atoms with van der Waals surface area (Å²) in [6.45, 7) is 0.226. The average Bonchev–Trinajstić information content (AvgIpc) is 3.22. The minimum Gasteiger partial charge on any atom is -0.454 e. The Bertz CT molecular complexity index is 1360. The first-order chi connectivity index (χ1) is 14.6. The summed E-state index contributed by atoms with van der Waals surface area (Å²) >= 11 is 8.24. The molecule has 5 nitrogen and oxygen atoms in total. The number of hydrogen-bond acceptors (Lipinski definition) is 4. The highest BCUT2D eigenvalue weighted by molar-refractivity contribution is 14.1. The van der Waals surface area contributed by atoms with E-state index >= 15 is 0 Å². The SMILES string of the molecule is O=c1c2cc(I)ccc2nc(/C=C\c2ccc3c(c2)OCO3)n1-c1ccc(Cl)cc1. The predicted octanol–water partition coefficient (Wildman–Crippen LogP) is 5.54. The second-order valence-electron chi connectivity index (χ2n) is 6.69. The van der Waals surface area contributed by atoms with Crippen LogP contribution in [0.25, 0.3) is 28.7 Å². The maximum Gasteiger partial charge on any atom is 0.266 e. The fourth-order valence-corrected chi connectivity index (χ4v) is 3.93. The van der Waals surface area contributed by atoms with Gasteiger partial charge in [-0.3, -0.25) is 9.36 Å². The van der Waals surface area contributed by atoms with E-state index < -0.39 is 0 Å². The van der Waals surface area contributed by atoms with Gasteiger partial charge < -0.3 is 9.47 Å². The van der Waals surface area contributed by atoms with Crippen LogP contribution >= 0.6 is 34.2 Å². The van der Waals surface area contributed by atoms with Gasteiger partial charge >= 0.3 is 0 Å². The lowest BCUT2D eigenvalue weighted by Gasteiger charge is -2.12. The second-order valence-corrected chi connectivity index (χ2v) is 8.38. The van der Waals surface area contributed by atoms with Crippen molar-refractivity contribution in [1.82, 2.24) is 9.55 Å². The highest BCUT2D eigenvalue weighted by atomic mass is 127. The number of nitrogens with zero attached hydrogens (tertiary/aromatic N) is 2. The van der Waals surface area contributed by atoms with E-state index in [1.165, 1.54) is 0 Å². The summed E-state index contributed by atoms with van der Waals surface area (Å²) < 4.78 is 13.4. The van der Waals surface area contributed by atoms with Gasteiger partial charge in [-0.15, -0.1) is 0 Å². The Labute approximate surface area is 190 Å². The lowest BCUT2D eigenvalue weighted by atomic mass is 10.1. The molecule has 5 rings (SSSR count). The summed E-state index contributed by atoms with van der Waals surface area (Å²) in [6.07, 6.45) is 3.72. The number of fused-ring (bicyclic) bond motifs is 2. The lowest BCUT2D eigenvalue weighted by molar-refractivity contribution is 0.174. The molecule has 4 aromatic rings. The van der Waals surface area contributed by atoms with Gasteiger partial charge in [0.25, 0.3) is 5.56 Å². The van der Waals surface area contributed by atoms with Crippen molar-refractivity contribution in [3.63, 3.8) is 0 Å². The summed E-state index contributed by atoms with van der Waals surface area (Å²) in [4.78, 5) is 18.1. The molecule has 148 valence electrons. The van der Waals surface area contributed by atoms with Crippen molar-refractivity contribution in [1.29, 1.82) is 0 Å². The van der Waals surface area contributed by atoms with Gasteiger partial charge in [0, 0.05) is 8.59 Å². The number of ether oxygens (including phenoxy) is 2. The van der Waals surface area contributed by atoms with E-state index in [-0.39, 0.29) is 12.4 Å². The third-order valence-corrected chi connectivity index (χ3v) is 5.69. The second kappa shape index (κ2) is 7.77. The third-order valence-electron chi connectivity index (χ3n) is 4.76. The highest BCUT2D eigenvalue weighted by Gasteiger charge is 2.14. The average molecular weight is 529 g/mol. The summed E-state index contributed by atoms with van der Waals surface area (Å²) in [7, 11) is 0. The van der Waals surface area contributed by atoms with Crippen molar-refractivity contribution in [2.24, 2.45) is 0 Å². The molecule has 1 aliphatic rings. The quantitative estimate of drug-likeness (QED) is 0.328. The standard InChI is InChI=1S/C23H14ClIN2O3/c24-15-3-6-17(7-4-15)27-22(26-19-8-5-16(25)12-18(19)23(27)28)10-2-14-1-9-20-21(11-14)30-13-29-20/h1-12H,13H2/b10-2-. The van der Waals surface area contributed by atoms with E-state index in [1.807, 2.05) is 60.7 Å². The van der Waals surface area contributed by atoms with E-state index in [1.54, 1.807) is 16.7 Å². The molecule has 0 aliphatic carbocycles. The van der Waals surface area contributed by atoms with Gasteiger partial charge in [-0.2, -0.15) is 0 Å². The Hall–Kier alpha value is -2.84. The van der Waals surface area contributed by atoms with E-state index in [0.717, 1.165) is 14.9 Å². The zero-order valence-electron chi connectivity index (χ0n) is 15.5. The molecule has 0 radical (unpaired) electrons. The minimum atomic E-state index is -0.133. The normalized spacial score (nSPS) is 12.7. The van der Waals surface area contributed by atoms with Crippen molar-refractivity contribution in [3.05, 3.63) is 91.0 Å². The minimum absolute atomic E-state index is 0.133. The Kier molecular flexibility index (Phi) is 4.96. The molecular formula is C23H14ClIN2O3. The molecule has 30 heavy (non-hydrogen) atoms. The summed E-state index contributed by atoms with van der Waals surface area (Å²) in [5, 5.41) is 1.17. The largest absolute Gasteiger partial charge is 0.454 e. The number of benzene rings is 3. The molecule has 0 saturated heterocycles. The molecule has 2 heterocycles. The maximum atomic E-state index is 13.4. The molecule has 0 spiro atoms. The van der Waals surface area contributed by atoms with Crippen LogP contribution in [0.4, 0.5) is 0 Å². The zero-order valence-corrected chi connectivity index (χ0v) is 18.4. The zero-order chi connectivity index (χ0) is 20.7. The summed E-state index contributed by atoms with van der Waals surface area (Å²) in [6, 6.07) is 18.5. The Balaban J connectivity index is 1.68. The van der Waals surface area contributed by atoms with Crippen molar-refractivity contribution in [3.8, 4) is 17.2 Å². The van der Waals surface area contributed by atoms with Crippen LogP contribution in [0.2, 0.25) is 5.02 Å². The number of halogens is 2. The molecule has 1 aromatic heterocycles. The third kappa shape index (κ3) is 3.57. The molecule has 0 saturated carbocycles. The molecule has 1 aliphatic heterocycles. The summed E-state index contributed by atoms with van der Waals surface area (Å²) in [5.41, 5.74) is 2.13. The topological polar surface area (TPSA) is 53.4 Å². The van der Waals surface area contributed by atoms with E-state index in [9.17, 15) is 4.79 Å². The van der Waals surface area contributed by atoms with Crippen LogP contribution in [0.15, 0.2) is 65.5 Å². The maximum absolute atomic E-state index is 13.4. The van der Waals surface area contributed by atoms with Crippen molar-refractivity contribution in [2.45, 2.75) is 0 Å². The Morgan fingerprint density at radius 2 is 1.77 bits per heavy atom. The number of aromatic nitrogens is 2. The number of hydrogen-bond donors (Lipinski definition) is 0. The Morgan fingerprint density at radius 1 is 0.967 bits per heavy atom. The Morgan fingerprint density at radius 3 is 2.60 bits per heavy atom. The lowest BCUT2D eigenvalue weighted by Crippen LogP contribution is -2.22. The fraction of sp³-hybridized carbons (Fsp3) is 0.0435. The molecular weight excluding hydrogens is 515 g/mol. The predicted molar refractivity (Wildman–Crippen MR) is 127 cm³/mol. The molecule has 0 amide bonds. The molecule has 0 unspecified atom stereocenters. The van der Waals surface area contributed by atoms with Crippen LogP contribution < -0.4 is 15.0 Å². The smallest absolute Gasteiger partial charge is 0.266 e. The molecule has 0 bridgehead atoms.